The van der Waals surface area contributed by atoms with Crippen LogP contribution in [0.2, 0.25) is 0 Å². The summed E-state index contributed by atoms with van der Waals surface area (Å²) in [5.74, 6) is 0.721. The Hall–Kier alpha value is 0. The van der Waals surface area contributed by atoms with Gasteiger partial charge in [-0.05, 0) is 0 Å². The van der Waals surface area contributed by atoms with Gasteiger partial charge in [-0.2, -0.15) is 5.92 Å². The summed E-state index contributed by atoms with van der Waals surface area (Å²) >= 11 is 0. The number of unbranched alkanes of at least 4 members (excludes halogenated alkanes) is 11. The molecule has 0 aliphatic heterocycles. The van der Waals surface area contributed by atoms with E-state index in [9.17, 15) is 0 Å². The molecule has 164 valence electrons. The lowest BCUT2D eigenvalue weighted by molar-refractivity contribution is 0.473. The minimum Gasteiger partial charge on any atom is -0.340 e. The zero-order valence-electron chi connectivity index (χ0n) is 19.3. The molecule has 0 aromatic heterocycles. The molecule has 0 bridgehead atoms. The van der Waals surface area contributed by atoms with Crippen LogP contribution in [0.4, 0.5) is 0 Å². The second-order valence-electron chi connectivity index (χ2n) is 7.75. The lowest BCUT2D eigenvalue weighted by Gasteiger charge is -2.16. The highest BCUT2D eigenvalue weighted by molar-refractivity contribution is 4.61. The van der Waals surface area contributed by atoms with Gasteiger partial charge < -0.3 is 6.92 Å². The molecule has 0 aliphatic carbocycles. The van der Waals surface area contributed by atoms with E-state index < -0.39 is 0 Å². The second-order valence-corrected chi connectivity index (χ2v) is 7.75. The van der Waals surface area contributed by atoms with Gasteiger partial charge in [-0.25, -0.2) is 0 Å². The molecule has 0 rings (SSSR count). The highest BCUT2D eigenvalue weighted by Gasteiger charge is 1.96. The highest BCUT2D eigenvalue weighted by atomic mass is 14.1. The minimum absolute atomic E-state index is 0. The quantitative estimate of drug-likeness (QED) is 0.198. The third-order valence-electron chi connectivity index (χ3n) is 4.18. The molecular weight excluding hydrogens is 312 g/mol. The summed E-state index contributed by atoms with van der Waals surface area (Å²) in [5.41, 5.74) is 0. The van der Waals surface area contributed by atoms with E-state index >= 15 is 0 Å². The average Bonchev–Trinajstić information content (AvgIpc) is 2.59. The fourth-order valence-electron chi connectivity index (χ4n) is 2.73. The largest absolute Gasteiger partial charge is 0.340 e. The van der Waals surface area contributed by atoms with E-state index in [4.69, 9.17) is 0 Å². The van der Waals surface area contributed by atoms with Gasteiger partial charge in [0.1, 0.15) is 0 Å². The van der Waals surface area contributed by atoms with Gasteiger partial charge in [-0.3, -0.25) is 0 Å². The van der Waals surface area contributed by atoms with Gasteiger partial charge in [0.15, 0.2) is 0 Å². The fourth-order valence-corrected chi connectivity index (χ4v) is 2.73. The smallest absolute Gasteiger partial charge is 0.0533 e. The first-order valence-electron chi connectivity index (χ1n) is 12.0. The maximum atomic E-state index is 4.26. The van der Waals surface area contributed by atoms with Crippen molar-refractivity contribution < 1.29 is 0 Å². The predicted octanol–water partition coefficient (Wildman–Crippen LogP) is 10.8. The Morgan fingerprint density at radius 2 is 0.731 bits per heavy atom. The van der Waals surface area contributed by atoms with E-state index in [1.54, 1.807) is 0 Å². The van der Waals surface area contributed by atoms with Crippen LogP contribution in [0.5, 0.6) is 0 Å². The summed E-state index contributed by atoms with van der Waals surface area (Å²) in [6.45, 7) is 17.3. The van der Waals surface area contributed by atoms with Crippen molar-refractivity contribution >= 4 is 0 Å². The summed E-state index contributed by atoms with van der Waals surface area (Å²) in [7, 11) is 0. The maximum Gasteiger partial charge on any atom is -0.0533 e. The molecule has 0 aromatic carbocycles. The van der Waals surface area contributed by atoms with Crippen LogP contribution in [0, 0.1) is 12.8 Å². The molecule has 0 aliphatic rings. The monoisotopic (exact) mass is 371 g/mol. The van der Waals surface area contributed by atoms with Crippen LogP contribution < -0.4 is 0 Å². The zero-order valence-corrected chi connectivity index (χ0v) is 19.3. The van der Waals surface area contributed by atoms with Crippen LogP contribution in [0.15, 0.2) is 0 Å². The predicted molar refractivity (Wildman–Crippen MR) is 128 cm³/mol. The average molecular weight is 372 g/mol. The Balaban J connectivity index is -0.000000302. The number of hydrogen-bond acceptors (Lipinski definition) is 0. The molecule has 0 saturated heterocycles. The van der Waals surface area contributed by atoms with Crippen LogP contribution in [-0.2, 0) is 0 Å². The lowest BCUT2D eigenvalue weighted by Crippen LogP contribution is -1.94. The second kappa shape index (κ2) is 36.0. The molecule has 0 aromatic rings. The summed E-state index contributed by atoms with van der Waals surface area (Å²) in [6.07, 6.45) is 23.8. The number of hydrogen-bond donors (Lipinski definition) is 0. The first-order valence-corrected chi connectivity index (χ1v) is 12.0. The van der Waals surface area contributed by atoms with Crippen molar-refractivity contribution in [2.75, 3.05) is 0 Å². The first kappa shape index (κ1) is 33.6. The Morgan fingerprint density at radius 3 is 1.08 bits per heavy atom. The Kier molecular flexibility index (Phi) is 46.5. The molecule has 26 heavy (non-hydrogen) atoms. The van der Waals surface area contributed by atoms with Crippen LogP contribution in [0.3, 0.4) is 0 Å². The molecule has 0 heteroatoms. The molecule has 0 amide bonds. The normalized spacial score (nSPS) is 10.7. The fraction of sp³-hybridized carbons (Fsp3) is 0.962. The standard InChI is InChI=1S/C19H39.2C3H8.CH4/c1-4-6-8-9-10-11-12-13-14-15-16-18-19(3)17-7-5-2;2*1-3-2;/h19H,3-18H2,1-2H3;2*3H2,1-2H3;1H4/q-1;;;. The Bertz CT molecular complexity index is 171. The van der Waals surface area contributed by atoms with Gasteiger partial charge in [0.05, 0.1) is 0 Å². The van der Waals surface area contributed by atoms with Crippen molar-refractivity contribution in [2.24, 2.45) is 5.92 Å². The van der Waals surface area contributed by atoms with Gasteiger partial charge in [-0.1, -0.05) is 158 Å². The van der Waals surface area contributed by atoms with Gasteiger partial charge in [0.2, 0.25) is 0 Å². The highest BCUT2D eigenvalue weighted by Crippen LogP contribution is 2.17. The Labute approximate surface area is 171 Å². The lowest BCUT2D eigenvalue weighted by atomic mass is 9.97. The summed E-state index contributed by atoms with van der Waals surface area (Å²) < 4.78 is 0. The van der Waals surface area contributed by atoms with E-state index in [1.165, 1.54) is 109 Å². The third kappa shape index (κ3) is 43.9. The molecule has 0 saturated carbocycles. The molecule has 0 spiro atoms. The van der Waals surface area contributed by atoms with Crippen molar-refractivity contribution in [2.45, 2.75) is 158 Å². The first-order chi connectivity index (χ1) is 12.1. The van der Waals surface area contributed by atoms with Gasteiger partial charge >= 0.3 is 0 Å². The molecule has 1 atom stereocenters. The molecule has 0 fully saturated rings. The molecule has 0 nitrogen and oxygen atoms in total. The molecule has 0 radical (unpaired) electrons. The van der Waals surface area contributed by atoms with E-state index in [0.717, 1.165) is 5.92 Å². The van der Waals surface area contributed by atoms with Crippen molar-refractivity contribution in [1.29, 1.82) is 0 Å². The van der Waals surface area contributed by atoms with Crippen molar-refractivity contribution in [3.05, 3.63) is 6.92 Å². The van der Waals surface area contributed by atoms with Crippen molar-refractivity contribution in [3.8, 4) is 0 Å². The van der Waals surface area contributed by atoms with E-state index in [0.29, 0.717) is 0 Å². The van der Waals surface area contributed by atoms with E-state index in [2.05, 4.69) is 48.5 Å². The molecular formula is C26H59-. The number of rotatable bonds is 15. The summed E-state index contributed by atoms with van der Waals surface area (Å²) in [6, 6.07) is 0. The SMILES string of the molecule is C.CCC.CCC.[CH2-]C(CCCC)CCCCCCCCCCCCC. The maximum absolute atomic E-state index is 4.26. The van der Waals surface area contributed by atoms with Crippen LogP contribution >= 0.6 is 0 Å². The summed E-state index contributed by atoms with van der Waals surface area (Å²) in [5, 5.41) is 0. The van der Waals surface area contributed by atoms with Gasteiger partial charge in [0.25, 0.3) is 0 Å². The Morgan fingerprint density at radius 1 is 0.462 bits per heavy atom. The van der Waals surface area contributed by atoms with Crippen molar-refractivity contribution in [1.82, 2.24) is 0 Å². The van der Waals surface area contributed by atoms with Crippen LogP contribution in [-0.4, -0.2) is 0 Å². The zero-order chi connectivity index (χ0) is 19.6. The van der Waals surface area contributed by atoms with Crippen molar-refractivity contribution in [3.63, 3.8) is 0 Å². The van der Waals surface area contributed by atoms with Gasteiger partial charge in [-0.15, -0.1) is 0 Å². The third-order valence-corrected chi connectivity index (χ3v) is 4.18. The minimum atomic E-state index is 0. The van der Waals surface area contributed by atoms with Crippen LogP contribution in [0.25, 0.3) is 0 Å². The van der Waals surface area contributed by atoms with Gasteiger partial charge in [0, 0.05) is 0 Å². The molecule has 0 heterocycles. The van der Waals surface area contributed by atoms with Crippen LogP contribution in [0.1, 0.15) is 158 Å². The molecule has 1 unspecified atom stereocenters. The summed E-state index contributed by atoms with van der Waals surface area (Å²) in [4.78, 5) is 0. The molecule has 0 N–H and O–H groups in total. The van der Waals surface area contributed by atoms with E-state index in [1.807, 2.05) is 0 Å². The van der Waals surface area contributed by atoms with E-state index in [-0.39, 0.29) is 7.43 Å². The topological polar surface area (TPSA) is 0 Å².